The lowest BCUT2D eigenvalue weighted by molar-refractivity contribution is 0.0435. The smallest absolute Gasteiger partial charge is 0.241 e. The van der Waals surface area contributed by atoms with Crippen LogP contribution in [0, 0.1) is 6.92 Å². The predicted molar refractivity (Wildman–Crippen MR) is 92.5 cm³/mol. The molecule has 3 heterocycles. The van der Waals surface area contributed by atoms with Crippen molar-refractivity contribution in [3.8, 4) is 11.4 Å². The fourth-order valence-electron chi connectivity index (χ4n) is 3.44. The summed E-state index contributed by atoms with van der Waals surface area (Å²) in [4.78, 5) is 10.7. The van der Waals surface area contributed by atoms with E-state index in [-0.39, 0.29) is 0 Å². The van der Waals surface area contributed by atoms with E-state index in [2.05, 4.69) is 20.0 Å². The summed E-state index contributed by atoms with van der Waals surface area (Å²) in [5.74, 6) is 1.09. The van der Waals surface area contributed by atoms with Crippen molar-refractivity contribution in [1.82, 2.24) is 20.0 Å². The van der Waals surface area contributed by atoms with E-state index in [4.69, 9.17) is 4.52 Å². The lowest BCUT2D eigenvalue weighted by Crippen LogP contribution is -2.31. The van der Waals surface area contributed by atoms with Gasteiger partial charge < -0.3 is 9.63 Å². The molecule has 0 amide bonds. The molecule has 1 N–H and O–H groups in total. The van der Waals surface area contributed by atoms with Crippen molar-refractivity contribution >= 4 is 0 Å². The third-order valence-corrected chi connectivity index (χ3v) is 4.72. The fourth-order valence-corrected chi connectivity index (χ4v) is 3.44. The van der Waals surface area contributed by atoms with Gasteiger partial charge in [0.2, 0.25) is 11.7 Å². The molecule has 4 rings (SSSR count). The molecular formula is C19H20N4O2. The Morgan fingerprint density at radius 1 is 1.24 bits per heavy atom. The number of aryl methyl sites for hydroxylation is 1. The number of hydrogen-bond donors (Lipinski definition) is 1. The van der Waals surface area contributed by atoms with E-state index in [9.17, 15) is 5.11 Å². The maximum atomic E-state index is 11.1. The minimum atomic E-state index is -0.822. The average molecular weight is 336 g/mol. The van der Waals surface area contributed by atoms with Gasteiger partial charge in [0.25, 0.3) is 0 Å². The Hall–Kier alpha value is -2.57. The van der Waals surface area contributed by atoms with Crippen LogP contribution in [0.2, 0.25) is 0 Å². The number of aliphatic hydroxyl groups is 1. The second kappa shape index (κ2) is 6.38. The van der Waals surface area contributed by atoms with Crippen molar-refractivity contribution in [2.45, 2.75) is 25.5 Å². The summed E-state index contributed by atoms with van der Waals surface area (Å²) in [5, 5.41) is 15.1. The highest BCUT2D eigenvalue weighted by Crippen LogP contribution is 2.34. The van der Waals surface area contributed by atoms with Crippen LogP contribution in [0.5, 0.6) is 0 Å². The standard InChI is InChI=1S/C19H20N4O2/c1-14-5-2-3-7-16(14)19(24)8-10-23(13-19)12-17-21-18(22-25-17)15-6-4-9-20-11-15/h2-7,9,11,24H,8,10,12-13H2,1H3. The molecule has 1 saturated heterocycles. The Morgan fingerprint density at radius 3 is 2.92 bits per heavy atom. The van der Waals surface area contributed by atoms with E-state index in [1.54, 1.807) is 12.4 Å². The summed E-state index contributed by atoms with van der Waals surface area (Å²) < 4.78 is 5.37. The molecule has 0 aliphatic carbocycles. The van der Waals surface area contributed by atoms with Crippen LogP contribution in [0.1, 0.15) is 23.4 Å². The highest BCUT2D eigenvalue weighted by molar-refractivity contribution is 5.51. The molecule has 1 fully saturated rings. The summed E-state index contributed by atoms with van der Waals surface area (Å²) >= 11 is 0. The van der Waals surface area contributed by atoms with Gasteiger partial charge in [-0.25, -0.2) is 0 Å². The van der Waals surface area contributed by atoms with Crippen molar-refractivity contribution < 1.29 is 9.63 Å². The summed E-state index contributed by atoms with van der Waals surface area (Å²) in [6, 6.07) is 11.7. The van der Waals surface area contributed by atoms with Crippen molar-refractivity contribution in [1.29, 1.82) is 0 Å². The molecule has 1 aliphatic rings. The largest absolute Gasteiger partial charge is 0.384 e. The topological polar surface area (TPSA) is 75.3 Å². The van der Waals surface area contributed by atoms with Crippen LogP contribution in [0.25, 0.3) is 11.4 Å². The van der Waals surface area contributed by atoms with E-state index in [1.165, 1.54) is 0 Å². The molecule has 0 radical (unpaired) electrons. The van der Waals surface area contributed by atoms with Crippen molar-refractivity contribution in [2.75, 3.05) is 13.1 Å². The average Bonchev–Trinajstić information content (AvgIpc) is 3.24. The van der Waals surface area contributed by atoms with Crippen LogP contribution in [-0.2, 0) is 12.1 Å². The van der Waals surface area contributed by atoms with Crippen LogP contribution in [0.3, 0.4) is 0 Å². The first-order valence-corrected chi connectivity index (χ1v) is 8.38. The Morgan fingerprint density at radius 2 is 2.12 bits per heavy atom. The predicted octanol–water partition coefficient (Wildman–Crippen LogP) is 2.53. The monoisotopic (exact) mass is 336 g/mol. The van der Waals surface area contributed by atoms with Gasteiger partial charge in [0.1, 0.15) is 5.60 Å². The molecule has 1 aromatic carbocycles. The van der Waals surface area contributed by atoms with Gasteiger partial charge in [0, 0.05) is 31.0 Å². The van der Waals surface area contributed by atoms with Gasteiger partial charge in [0.05, 0.1) is 6.54 Å². The normalized spacial score (nSPS) is 20.9. The number of hydrogen-bond acceptors (Lipinski definition) is 6. The summed E-state index contributed by atoms with van der Waals surface area (Å²) in [6.07, 6.45) is 4.12. The Labute approximate surface area is 146 Å². The number of aromatic nitrogens is 3. The quantitative estimate of drug-likeness (QED) is 0.789. The zero-order valence-electron chi connectivity index (χ0n) is 14.1. The van der Waals surface area contributed by atoms with E-state index >= 15 is 0 Å². The first-order valence-electron chi connectivity index (χ1n) is 8.38. The maximum Gasteiger partial charge on any atom is 0.241 e. The third-order valence-electron chi connectivity index (χ3n) is 4.72. The number of pyridine rings is 1. The van der Waals surface area contributed by atoms with Crippen LogP contribution in [0.15, 0.2) is 53.3 Å². The second-order valence-electron chi connectivity index (χ2n) is 6.56. The molecule has 0 bridgehead atoms. The van der Waals surface area contributed by atoms with Gasteiger partial charge in [-0.2, -0.15) is 4.98 Å². The van der Waals surface area contributed by atoms with Crippen LogP contribution < -0.4 is 0 Å². The molecule has 2 aromatic heterocycles. The molecule has 128 valence electrons. The summed E-state index contributed by atoms with van der Waals surface area (Å²) in [6.45, 7) is 3.91. The van der Waals surface area contributed by atoms with Gasteiger partial charge in [-0.05, 0) is 36.6 Å². The van der Waals surface area contributed by atoms with Crippen LogP contribution >= 0.6 is 0 Å². The molecule has 6 heteroatoms. The van der Waals surface area contributed by atoms with Gasteiger partial charge in [0.15, 0.2) is 0 Å². The van der Waals surface area contributed by atoms with Crippen molar-refractivity contribution in [3.63, 3.8) is 0 Å². The third kappa shape index (κ3) is 3.18. The lowest BCUT2D eigenvalue weighted by Gasteiger charge is -2.25. The highest BCUT2D eigenvalue weighted by atomic mass is 16.5. The highest BCUT2D eigenvalue weighted by Gasteiger charge is 2.38. The Bertz CT molecular complexity index is 865. The zero-order chi connectivity index (χ0) is 17.3. The van der Waals surface area contributed by atoms with Crippen LogP contribution in [-0.4, -0.2) is 38.2 Å². The Kier molecular flexibility index (Phi) is 4.07. The number of likely N-dealkylation sites (tertiary alicyclic amines) is 1. The number of rotatable bonds is 4. The molecule has 3 aromatic rings. The summed E-state index contributed by atoms with van der Waals surface area (Å²) in [7, 11) is 0. The molecule has 6 nitrogen and oxygen atoms in total. The van der Waals surface area contributed by atoms with Gasteiger partial charge >= 0.3 is 0 Å². The SMILES string of the molecule is Cc1ccccc1C1(O)CCN(Cc2nc(-c3cccnc3)no2)C1. The number of benzene rings is 1. The fraction of sp³-hybridized carbons (Fsp3) is 0.316. The van der Waals surface area contributed by atoms with Crippen LogP contribution in [0.4, 0.5) is 0 Å². The minimum Gasteiger partial charge on any atom is -0.384 e. The van der Waals surface area contributed by atoms with Crippen molar-refractivity contribution in [2.24, 2.45) is 0 Å². The van der Waals surface area contributed by atoms with Gasteiger partial charge in [-0.15, -0.1) is 0 Å². The first kappa shape index (κ1) is 15.9. The van der Waals surface area contributed by atoms with Gasteiger partial charge in [-0.1, -0.05) is 29.4 Å². The Balaban J connectivity index is 1.47. The molecular weight excluding hydrogens is 316 g/mol. The number of nitrogens with zero attached hydrogens (tertiary/aromatic N) is 4. The van der Waals surface area contributed by atoms with Gasteiger partial charge in [-0.3, -0.25) is 9.88 Å². The molecule has 1 unspecified atom stereocenters. The molecule has 0 saturated carbocycles. The minimum absolute atomic E-state index is 0.529. The number of β-amino-alcohol motifs (C(OH)–C–C–N with tert-alkyl or cyclic N) is 1. The molecule has 0 spiro atoms. The van der Waals surface area contributed by atoms with E-state index in [0.717, 1.165) is 23.2 Å². The zero-order valence-corrected chi connectivity index (χ0v) is 14.1. The molecule has 25 heavy (non-hydrogen) atoms. The summed E-state index contributed by atoms with van der Waals surface area (Å²) in [5.41, 5.74) is 2.12. The van der Waals surface area contributed by atoms with E-state index in [0.29, 0.717) is 31.2 Å². The second-order valence-corrected chi connectivity index (χ2v) is 6.56. The molecule has 1 atom stereocenters. The lowest BCUT2D eigenvalue weighted by atomic mass is 9.89. The van der Waals surface area contributed by atoms with Crippen molar-refractivity contribution in [3.05, 3.63) is 65.8 Å². The van der Waals surface area contributed by atoms with E-state index in [1.807, 2.05) is 43.3 Å². The van der Waals surface area contributed by atoms with E-state index < -0.39 is 5.60 Å². The maximum absolute atomic E-state index is 11.1. The first-order chi connectivity index (χ1) is 12.1. The molecule has 1 aliphatic heterocycles.